The van der Waals surface area contributed by atoms with Gasteiger partial charge in [0.2, 0.25) is 0 Å². The Kier molecular flexibility index (Phi) is 55.9. The lowest BCUT2D eigenvalue weighted by molar-refractivity contribution is 0.0516. The van der Waals surface area contributed by atoms with Crippen LogP contribution in [-0.4, -0.2) is 165 Å². The molecule has 0 aromatic carbocycles. The molecule has 1 aliphatic rings. The third-order valence-electron chi connectivity index (χ3n) is 16.2. The van der Waals surface area contributed by atoms with Crippen molar-refractivity contribution in [3.8, 4) is 0 Å². The molecule has 0 aromatic rings. The molecule has 0 aromatic heterocycles. The van der Waals surface area contributed by atoms with Gasteiger partial charge in [0, 0.05) is 87.5 Å². The summed E-state index contributed by atoms with van der Waals surface area (Å²) in [5.41, 5.74) is 0. The van der Waals surface area contributed by atoms with Crippen LogP contribution in [0.1, 0.15) is 286 Å². The van der Waals surface area contributed by atoms with Crippen molar-refractivity contribution in [3.63, 3.8) is 0 Å². The zero-order valence-corrected chi connectivity index (χ0v) is 54.7. The van der Waals surface area contributed by atoms with Gasteiger partial charge >= 0.3 is 0 Å². The molecule has 0 bridgehead atoms. The van der Waals surface area contributed by atoms with E-state index in [1.54, 1.807) is 0 Å². The van der Waals surface area contributed by atoms with Gasteiger partial charge in [-0.1, -0.05) is 276 Å². The Morgan fingerprint density at radius 1 is 0.329 bits per heavy atom. The van der Waals surface area contributed by atoms with Gasteiger partial charge in [-0.2, -0.15) is 0 Å². The smallest absolute Gasteiger partial charge is 0.0667 e. The van der Waals surface area contributed by atoms with Crippen LogP contribution in [-0.2, 0) is 0 Å². The highest BCUT2D eigenvalue weighted by Crippen LogP contribution is 2.26. The summed E-state index contributed by atoms with van der Waals surface area (Å²) in [7, 11) is 8.08. The van der Waals surface area contributed by atoms with Crippen molar-refractivity contribution in [3.05, 3.63) is 0 Å². The molecule has 0 amide bonds. The van der Waals surface area contributed by atoms with E-state index in [1.807, 2.05) is 43.2 Å². The highest BCUT2D eigenvalue weighted by Gasteiger charge is 2.28. The second kappa shape index (κ2) is 56.6. The van der Waals surface area contributed by atoms with Gasteiger partial charge in [-0.3, -0.25) is 19.6 Å². The number of hydrogen-bond acceptors (Lipinski definition) is 12. The lowest BCUT2D eigenvalue weighted by Gasteiger charge is -2.44. The first kappa shape index (κ1) is 75.1. The van der Waals surface area contributed by atoms with Crippen LogP contribution in [0.5, 0.6) is 0 Å². The summed E-state index contributed by atoms with van der Waals surface area (Å²) in [5.74, 6) is 4.53. The maximum Gasteiger partial charge on any atom is 0.0667 e. The van der Waals surface area contributed by atoms with E-state index in [-0.39, 0.29) is 24.4 Å². The molecule has 6 unspecified atom stereocenters. The van der Waals surface area contributed by atoms with Crippen molar-refractivity contribution in [2.75, 3.05) is 88.5 Å². The summed E-state index contributed by atoms with van der Waals surface area (Å²) in [4.78, 5) is 10.2. The summed E-state index contributed by atoms with van der Waals surface area (Å²) in [6, 6.07) is 1.15. The average Bonchev–Trinajstić information content (AvgIpc) is 3.39. The molecule has 8 nitrogen and oxygen atoms in total. The number of aliphatic hydroxyl groups is 4. The Balaban J connectivity index is 2.41. The Morgan fingerprint density at radius 2 is 0.553 bits per heavy atom. The van der Waals surface area contributed by atoms with Crippen LogP contribution < -0.4 is 0 Å². The molecule has 0 radical (unpaired) electrons. The van der Waals surface area contributed by atoms with Crippen LogP contribution in [0, 0.1) is 0 Å². The molecule has 0 spiro atoms. The van der Waals surface area contributed by atoms with E-state index in [4.69, 9.17) is 0 Å². The minimum atomic E-state index is -0.297. The number of nitrogens with zero attached hydrogens (tertiary/aromatic N) is 4. The monoisotopic (exact) mass is 1150 g/mol. The van der Waals surface area contributed by atoms with Gasteiger partial charge in [-0.15, -0.1) is 0 Å². The summed E-state index contributed by atoms with van der Waals surface area (Å²) < 4.78 is 0. The van der Waals surface area contributed by atoms with Gasteiger partial charge in [0.25, 0.3) is 0 Å². The summed E-state index contributed by atoms with van der Waals surface area (Å²) in [5, 5.41) is 44.2. The normalized spacial score (nSPS) is 17.4. The van der Waals surface area contributed by atoms with Crippen molar-refractivity contribution in [2.45, 2.75) is 322 Å². The quantitative estimate of drug-likeness (QED) is 0.0345. The average molecular weight is 1150 g/mol. The topological polar surface area (TPSA) is 93.9 Å². The van der Waals surface area contributed by atoms with Crippen LogP contribution in [0.3, 0.4) is 0 Å². The molecule has 456 valence electrons. The van der Waals surface area contributed by atoms with Gasteiger partial charge in [-0.05, 0) is 65.5 Å². The molecule has 76 heavy (non-hydrogen) atoms. The Morgan fingerprint density at radius 3 is 0.803 bits per heavy atom. The number of piperazine rings is 1. The molecule has 0 saturated carbocycles. The number of unbranched alkanes of at least 4 members (excludes halogenated alkanes) is 28. The standard InChI is InChI=1S/C64H132N4O4S4/c1-7-11-15-19-23-27-31-35-41-61(69)55-65(56-62(70)42-36-32-28-24-20-16-12-8-2)45-39-49-73-75-51-47-67-53-60(6)68(54-59(67)5)48-52-76-74-50-40-46-66(57-63(71)43-37-33-29-25-21-17-13-9-3)58-64(72)44-38-34-30-26-22-18-14-10-4/h59-64,69-72H,7-58H2,1-6H3. The number of rotatable bonds is 60. The van der Waals surface area contributed by atoms with E-state index >= 15 is 0 Å². The predicted octanol–water partition coefficient (Wildman–Crippen LogP) is 17.1. The minimum absolute atomic E-state index is 0.297. The highest BCUT2D eigenvalue weighted by molar-refractivity contribution is 8.77. The van der Waals surface area contributed by atoms with Crippen molar-refractivity contribution in [2.24, 2.45) is 0 Å². The van der Waals surface area contributed by atoms with Gasteiger partial charge in [0.1, 0.15) is 0 Å². The van der Waals surface area contributed by atoms with Crippen LogP contribution in [0.15, 0.2) is 0 Å². The van der Waals surface area contributed by atoms with Crippen LogP contribution in [0.2, 0.25) is 0 Å². The Labute approximate surface area is 490 Å². The largest absolute Gasteiger partial charge is 0.392 e. The van der Waals surface area contributed by atoms with Crippen molar-refractivity contribution >= 4 is 43.2 Å². The lowest BCUT2D eigenvalue weighted by atomic mass is 10.0. The van der Waals surface area contributed by atoms with Crippen LogP contribution in [0.25, 0.3) is 0 Å². The Bertz CT molecular complexity index is 1030. The first-order valence-electron chi connectivity index (χ1n) is 33.3. The van der Waals surface area contributed by atoms with Crippen molar-refractivity contribution in [1.29, 1.82) is 0 Å². The van der Waals surface area contributed by atoms with E-state index in [9.17, 15) is 20.4 Å². The van der Waals surface area contributed by atoms with Gasteiger partial charge in [-0.25, -0.2) is 0 Å². The molecule has 1 rings (SSSR count). The maximum atomic E-state index is 11.1. The number of aliphatic hydroxyl groups excluding tert-OH is 4. The molecule has 1 heterocycles. The van der Waals surface area contributed by atoms with E-state index in [1.165, 1.54) is 180 Å². The maximum absolute atomic E-state index is 11.1. The van der Waals surface area contributed by atoms with E-state index in [0.29, 0.717) is 38.3 Å². The molecule has 0 aliphatic carbocycles. The van der Waals surface area contributed by atoms with E-state index in [2.05, 4.69) is 61.1 Å². The van der Waals surface area contributed by atoms with Gasteiger partial charge < -0.3 is 20.4 Å². The fourth-order valence-electron chi connectivity index (χ4n) is 11.3. The fraction of sp³-hybridized carbons (Fsp3) is 1.00. The molecule has 1 aliphatic heterocycles. The zero-order valence-electron chi connectivity index (χ0n) is 51.4. The first-order chi connectivity index (χ1) is 37.1. The van der Waals surface area contributed by atoms with E-state index in [0.717, 1.165) is 126 Å². The first-order valence-corrected chi connectivity index (χ1v) is 38.2. The lowest BCUT2D eigenvalue weighted by Crippen LogP contribution is -2.57. The summed E-state index contributed by atoms with van der Waals surface area (Å²) in [6.07, 6.45) is 45.9. The summed E-state index contributed by atoms with van der Waals surface area (Å²) >= 11 is 0. The predicted molar refractivity (Wildman–Crippen MR) is 347 cm³/mol. The van der Waals surface area contributed by atoms with Gasteiger partial charge in [0.05, 0.1) is 24.4 Å². The summed E-state index contributed by atoms with van der Waals surface area (Å²) in [6.45, 7) is 23.2. The molecule has 12 heteroatoms. The minimum Gasteiger partial charge on any atom is -0.392 e. The zero-order chi connectivity index (χ0) is 55.4. The van der Waals surface area contributed by atoms with Crippen LogP contribution >= 0.6 is 43.2 Å². The molecular formula is C64H132N4O4S4. The third kappa shape index (κ3) is 47.6. The van der Waals surface area contributed by atoms with Crippen molar-refractivity contribution < 1.29 is 20.4 Å². The highest BCUT2D eigenvalue weighted by atomic mass is 33.1. The number of hydrogen-bond donors (Lipinski definition) is 4. The molecule has 6 atom stereocenters. The third-order valence-corrected chi connectivity index (χ3v) is 21.1. The SMILES string of the molecule is CCCCCCCCCCC(O)CN(CCCSSCCN1CC(C)N(CCSSCCCN(CC(O)CCCCCCCCCC)CC(O)CCCCCCCCCC)CC1C)CC(O)CCCCCCCCCC. The van der Waals surface area contributed by atoms with E-state index < -0.39 is 0 Å². The molecule has 1 saturated heterocycles. The van der Waals surface area contributed by atoms with Crippen LogP contribution in [0.4, 0.5) is 0 Å². The molecule has 1 fully saturated rings. The second-order valence-corrected chi connectivity index (χ2v) is 29.3. The molecule has 4 N–H and O–H groups in total. The Hall–Kier alpha value is 1.08. The molecular weight excluding hydrogens is 1020 g/mol. The van der Waals surface area contributed by atoms with Gasteiger partial charge in [0.15, 0.2) is 0 Å². The van der Waals surface area contributed by atoms with Crippen molar-refractivity contribution in [1.82, 2.24) is 19.6 Å². The fourth-order valence-corrected chi connectivity index (χ4v) is 15.4. The second-order valence-electron chi connectivity index (χ2n) is 23.9.